The van der Waals surface area contributed by atoms with Gasteiger partial charge in [0.05, 0.1) is 30.1 Å². The number of aromatic nitrogens is 3. The van der Waals surface area contributed by atoms with E-state index >= 15 is 0 Å². The first kappa shape index (κ1) is 32.6. The van der Waals surface area contributed by atoms with Crippen LogP contribution in [0, 0.1) is 0 Å². The first-order valence-electron chi connectivity index (χ1n) is 10.8. The van der Waals surface area contributed by atoms with Crippen LogP contribution in [0.3, 0.4) is 0 Å². The maximum Gasteiger partial charge on any atom is 0.160 e. The van der Waals surface area contributed by atoms with Gasteiger partial charge in [0.15, 0.2) is 17.2 Å². The normalized spacial score (nSPS) is 10.3. The van der Waals surface area contributed by atoms with E-state index in [4.69, 9.17) is 69.6 Å². The number of hydrogen-bond acceptors (Lipinski definition) is 6. The monoisotopic (exact) mass is 728 g/mol. The zero-order chi connectivity index (χ0) is 28.3. The number of hydrogen-bond donors (Lipinski definition) is 3. The first-order valence-corrected chi connectivity index (χ1v) is 13.1. The third-order valence-electron chi connectivity index (χ3n) is 5.31. The van der Waals surface area contributed by atoms with Crippen molar-refractivity contribution in [3.63, 3.8) is 0 Å². The molecule has 0 aliphatic carbocycles. The average molecular weight is 731 g/mol. The minimum atomic E-state index is -0.0262. The predicted octanol–water partition coefficient (Wildman–Crippen LogP) is 9.74. The molecule has 0 unspecified atom stereocenters. The zero-order valence-corrected chi connectivity index (χ0v) is 27.3. The fourth-order valence-electron chi connectivity index (χ4n) is 3.47. The summed E-state index contributed by atoms with van der Waals surface area (Å²) >= 11 is 34.9. The van der Waals surface area contributed by atoms with Gasteiger partial charge in [-0.15, -0.1) is 0 Å². The van der Waals surface area contributed by atoms with Gasteiger partial charge in [-0.2, -0.15) is 0 Å². The van der Waals surface area contributed by atoms with Crippen molar-refractivity contribution >= 4 is 102 Å². The fourth-order valence-corrected chi connectivity index (χ4v) is 5.02. The molecule has 0 aliphatic rings. The van der Waals surface area contributed by atoms with Crippen LogP contribution in [-0.2, 0) is 32.7 Å². The smallest absolute Gasteiger partial charge is 0.160 e. The number of rotatable bonds is 0. The molecule has 201 valence electrons. The second-order valence-electron chi connectivity index (χ2n) is 7.77. The van der Waals surface area contributed by atoms with E-state index in [2.05, 4.69) is 15.0 Å². The van der Waals surface area contributed by atoms with Crippen LogP contribution in [0.5, 0.6) is 17.2 Å². The van der Waals surface area contributed by atoms with Crippen molar-refractivity contribution in [2.24, 2.45) is 0 Å². The van der Waals surface area contributed by atoms with Crippen molar-refractivity contribution in [2.45, 2.75) is 0 Å². The topological polar surface area (TPSA) is 99.4 Å². The maximum atomic E-state index is 9.53. The van der Waals surface area contributed by atoms with Gasteiger partial charge in [-0.3, -0.25) is 15.0 Å². The van der Waals surface area contributed by atoms with Gasteiger partial charge in [-0.05, 0) is 54.6 Å². The molecule has 0 bridgehead atoms. The Hall–Kier alpha value is -1.87. The van der Waals surface area contributed by atoms with Crippen LogP contribution in [0.1, 0.15) is 0 Å². The Balaban J connectivity index is 0.000000163. The van der Waals surface area contributed by atoms with Crippen LogP contribution in [0.2, 0.25) is 30.1 Å². The third-order valence-corrected chi connectivity index (χ3v) is 7.11. The molecule has 3 N–H and O–H groups in total. The number of aromatic hydroxyl groups is 3. The number of fused-ring (bicyclic) bond motifs is 3. The second-order valence-corrected chi connectivity index (χ2v) is 10.2. The van der Waals surface area contributed by atoms with E-state index in [-0.39, 0.29) is 65.0 Å². The van der Waals surface area contributed by atoms with Gasteiger partial charge in [0, 0.05) is 67.5 Å². The summed E-state index contributed by atoms with van der Waals surface area (Å²) in [6, 6.07) is 15.1. The summed E-state index contributed by atoms with van der Waals surface area (Å²) in [5.74, 6) is -0.0787. The quantitative estimate of drug-likeness (QED) is 0.144. The molecule has 40 heavy (non-hydrogen) atoms. The number of benzene rings is 3. The SMILES string of the molecule is Oc1c(Cl)cc(Cl)c2cccnc12.Oc1c(Cl)cc(Cl)c2cccnc12.Oc1c(Cl)cc(Cl)c2cccnc12.[Y]. The molecular weight excluding hydrogens is 716 g/mol. The molecule has 0 atom stereocenters. The van der Waals surface area contributed by atoms with E-state index in [9.17, 15) is 15.3 Å². The van der Waals surface area contributed by atoms with E-state index in [1.807, 2.05) is 0 Å². The number of phenols is 3. The molecule has 6 nitrogen and oxygen atoms in total. The van der Waals surface area contributed by atoms with Gasteiger partial charge in [-0.1, -0.05) is 69.6 Å². The number of pyridine rings is 3. The Bertz CT molecular complexity index is 1630. The molecule has 0 aliphatic heterocycles. The maximum absolute atomic E-state index is 9.53. The summed E-state index contributed by atoms with van der Waals surface area (Å²) in [7, 11) is 0. The molecule has 13 heteroatoms. The van der Waals surface area contributed by atoms with Gasteiger partial charge < -0.3 is 15.3 Å². The number of halogens is 6. The molecule has 3 aromatic carbocycles. The minimum absolute atomic E-state index is 0. The Kier molecular flexibility index (Phi) is 11.7. The van der Waals surface area contributed by atoms with Gasteiger partial charge in [0.25, 0.3) is 0 Å². The van der Waals surface area contributed by atoms with Crippen LogP contribution in [0.15, 0.2) is 73.2 Å². The van der Waals surface area contributed by atoms with Gasteiger partial charge in [0.1, 0.15) is 16.6 Å². The minimum Gasteiger partial charge on any atom is -0.504 e. The number of nitrogens with zero attached hydrogens (tertiary/aromatic N) is 3. The van der Waals surface area contributed by atoms with Crippen LogP contribution in [0.25, 0.3) is 32.7 Å². The molecule has 6 aromatic rings. The largest absolute Gasteiger partial charge is 0.504 e. The van der Waals surface area contributed by atoms with Crippen molar-refractivity contribution in [1.82, 2.24) is 15.0 Å². The van der Waals surface area contributed by atoms with E-state index < -0.39 is 0 Å². The van der Waals surface area contributed by atoms with Crippen molar-refractivity contribution < 1.29 is 48.0 Å². The molecule has 0 amide bonds. The fraction of sp³-hybridized carbons (Fsp3) is 0. The number of phenolic OH excluding ortho intramolecular Hbond substituents is 3. The van der Waals surface area contributed by atoms with Crippen LogP contribution < -0.4 is 0 Å². The second kappa shape index (κ2) is 14.3. The molecule has 0 saturated carbocycles. The summed E-state index contributed by atoms with van der Waals surface area (Å²) in [6.45, 7) is 0. The van der Waals surface area contributed by atoms with Crippen molar-refractivity contribution in [1.29, 1.82) is 0 Å². The Morgan fingerprint density at radius 2 is 0.675 bits per heavy atom. The average Bonchev–Trinajstić information content (AvgIpc) is 2.94. The first-order chi connectivity index (χ1) is 18.6. The van der Waals surface area contributed by atoms with E-state index in [0.717, 1.165) is 0 Å². The zero-order valence-electron chi connectivity index (χ0n) is 20.0. The van der Waals surface area contributed by atoms with Crippen LogP contribution in [0.4, 0.5) is 0 Å². The third kappa shape index (κ3) is 7.12. The molecule has 0 saturated heterocycles. The summed E-state index contributed by atoms with van der Waals surface area (Å²) in [6.07, 6.45) is 4.73. The van der Waals surface area contributed by atoms with E-state index in [1.165, 1.54) is 18.2 Å². The Morgan fingerprint density at radius 3 is 0.925 bits per heavy atom. The van der Waals surface area contributed by atoms with Crippen molar-refractivity contribution in [3.8, 4) is 17.2 Å². The van der Waals surface area contributed by atoms with Crippen molar-refractivity contribution in [3.05, 3.63) is 103 Å². The molecule has 6 rings (SSSR count). The van der Waals surface area contributed by atoms with Gasteiger partial charge >= 0.3 is 0 Å². The summed E-state index contributed by atoms with van der Waals surface area (Å²) in [5.41, 5.74) is 1.29. The Labute approximate surface area is 283 Å². The summed E-state index contributed by atoms with van der Waals surface area (Å²) in [4.78, 5) is 12.0. The van der Waals surface area contributed by atoms with Gasteiger partial charge in [-0.25, -0.2) is 0 Å². The molecular formula is C27H15Cl6N3O3Y. The van der Waals surface area contributed by atoms with Crippen molar-refractivity contribution in [2.75, 3.05) is 0 Å². The Morgan fingerprint density at radius 1 is 0.425 bits per heavy atom. The molecule has 0 spiro atoms. The molecule has 0 fully saturated rings. The van der Waals surface area contributed by atoms with Crippen LogP contribution >= 0.6 is 69.6 Å². The standard InChI is InChI=1S/3C9H5Cl2NO.Y/c3*10-6-4-7(11)9(13)8-5(6)2-1-3-12-8;/h3*1-4,13H;. The van der Waals surface area contributed by atoms with E-state index in [0.29, 0.717) is 47.8 Å². The molecule has 3 aromatic heterocycles. The van der Waals surface area contributed by atoms with Crippen LogP contribution in [-0.4, -0.2) is 30.3 Å². The van der Waals surface area contributed by atoms with Gasteiger partial charge in [0.2, 0.25) is 0 Å². The summed E-state index contributed by atoms with van der Waals surface area (Å²) < 4.78 is 0. The van der Waals surface area contributed by atoms with E-state index in [1.54, 1.807) is 55.0 Å². The molecule has 3 heterocycles. The predicted molar refractivity (Wildman–Crippen MR) is 160 cm³/mol. The molecule has 1 radical (unpaired) electrons. The summed E-state index contributed by atoms with van der Waals surface area (Å²) in [5, 5.41) is 32.8.